The van der Waals surface area contributed by atoms with Gasteiger partial charge in [-0.2, -0.15) is 0 Å². The van der Waals surface area contributed by atoms with Crippen LogP contribution in [0.15, 0.2) is 24.3 Å². The van der Waals surface area contributed by atoms with Gasteiger partial charge in [-0.3, -0.25) is 0 Å². The Bertz CT molecular complexity index is 567. The first-order valence-corrected chi connectivity index (χ1v) is 7.51. The van der Waals surface area contributed by atoms with Crippen molar-refractivity contribution in [2.75, 3.05) is 19.3 Å². The Morgan fingerprint density at radius 3 is 2.72 bits per heavy atom. The highest BCUT2D eigenvalue weighted by Gasteiger charge is 2.29. The summed E-state index contributed by atoms with van der Waals surface area (Å²) >= 11 is 0. The highest BCUT2D eigenvalue weighted by atomic mass is 32.2. The van der Waals surface area contributed by atoms with Crippen LogP contribution in [0, 0.1) is 0 Å². The first kappa shape index (κ1) is 13.0. The molecule has 98 valence electrons. The van der Waals surface area contributed by atoms with Gasteiger partial charge < -0.3 is 5.11 Å². The molecule has 1 N–H and O–H groups in total. The lowest BCUT2D eigenvalue weighted by Gasteiger charge is -2.13. The fourth-order valence-corrected chi connectivity index (χ4v) is 3.11. The summed E-state index contributed by atoms with van der Waals surface area (Å²) in [5.74, 6) is -0.881. The molecular weight excluding hydrogens is 254 g/mol. The number of hydrogen-bond donors (Lipinski definition) is 1. The third kappa shape index (κ3) is 2.70. The summed E-state index contributed by atoms with van der Waals surface area (Å²) in [5.41, 5.74) is 1.13. The minimum Gasteiger partial charge on any atom is -0.478 e. The van der Waals surface area contributed by atoms with E-state index in [1.54, 1.807) is 12.1 Å². The zero-order valence-corrected chi connectivity index (χ0v) is 10.9. The molecule has 2 rings (SSSR count). The summed E-state index contributed by atoms with van der Waals surface area (Å²) in [5, 5.41) is 8.93. The van der Waals surface area contributed by atoms with Crippen molar-refractivity contribution in [2.24, 2.45) is 0 Å². The number of benzene rings is 1. The third-order valence-corrected chi connectivity index (χ3v) is 4.49. The van der Waals surface area contributed by atoms with E-state index in [0.29, 0.717) is 13.1 Å². The van der Waals surface area contributed by atoms with Crippen LogP contribution in [0.3, 0.4) is 0 Å². The van der Waals surface area contributed by atoms with E-state index in [4.69, 9.17) is 5.11 Å². The monoisotopic (exact) mass is 269 g/mol. The molecule has 1 aliphatic rings. The number of hydrogen-bond acceptors (Lipinski definition) is 3. The average Bonchev–Trinajstić information content (AvgIpc) is 2.78. The Balaban J connectivity index is 2.19. The van der Waals surface area contributed by atoms with Crippen molar-refractivity contribution in [2.45, 2.75) is 12.3 Å². The summed E-state index contributed by atoms with van der Waals surface area (Å²) in [6.45, 7) is 0.933. The number of carboxylic acids is 1. The molecule has 0 aliphatic carbocycles. The molecule has 1 atom stereocenters. The van der Waals surface area contributed by atoms with Crippen LogP contribution in [-0.2, 0) is 10.0 Å². The summed E-state index contributed by atoms with van der Waals surface area (Å²) in [4.78, 5) is 10.9. The average molecular weight is 269 g/mol. The van der Waals surface area contributed by atoms with E-state index in [2.05, 4.69) is 0 Å². The Labute approximate surface area is 106 Å². The Kier molecular flexibility index (Phi) is 3.41. The van der Waals surface area contributed by atoms with Crippen LogP contribution in [0.1, 0.15) is 28.3 Å². The lowest BCUT2D eigenvalue weighted by atomic mass is 9.97. The molecule has 0 amide bonds. The zero-order valence-electron chi connectivity index (χ0n) is 10.0. The molecule has 1 saturated heterocycles. The summed E-state index contributed by atoms with van der Waals surface area (Å²) in [6, 6.07) is 6.71. The second-order valence-electron chi connectivity index (χ2n) is 4.54. The molecule has 1 aromatic carbocycles. The maximum atomic E-state index is 11.4. The molecule has 0 spiro atoms. The van der Waals surface area contributed by atoms with Gasteiger partial charge in [0, 0.05) is 13.1 Å². The Morgan fingerprint density at radius 2 is 2.17 bits per heavy atom. The molecular formula is C12H15NO4S. The van der Waals surface area contributed by atoms with Gasteiger partial charge in [0.1, 0.15) is 0 Å². The molecule has 18 heavy (non-hydrogen) atoms. The molecule has 0 saturated carbocycles. The van der Waals surface area contributed by atoms with Gasteiger partial charge in [-0.25, -0.2) is 17.5 Å². The highest BCUT2D eigenvalue weighted by molar-refractivity contribution is 7.88. The second-order valence-corrected chi connectivity index (χ2v) is 6.52. The third-order valence-electron chi connectivity index (χ3n) is 3.22. The lowest BCUT2D eigenvalue weighted by molar-refractivity contribution is 0.0696. The smallest absolute Gasteiger partial charge is 0.335 e. The Hall–Kier alpha value is -1.40. The van der Waals surface area contributed by atoms with E-state index in [9.17, 15) is 13.2 Å². The molecule has 1 fully saturated rings. The van der Waals surface area contributed by atoms with E-state index in [0.717, 1.165) is 12.0 Å². The van der Waals surface area contributed by atoms with Crippen LogP contribution < -0.4 is 0 Å². The standard InChI is InChI=1S/C12H15NO4S/c1-18(16,17)13-6-5-11(8-13)9-3-2-4-10(7-9)12(14)15/h2-4,7,11H,5-6,8H2,1H3,(H,14,15). The minimum atomic E-state index is -3.15. The van der Waals surface area contributed by atoms with Crippen molar-refractivity contribution in [3.05, 3.63) is 35.4 Å². The van der Waals surface area contributed by atoms with Crippen molar-refractivity contribution in [1.29, 1.82) is 0 Å². The number of aromatic carboxylic acids is 1. The summed E-state index contributed by atoms with van der Waals surface area (Å²) < 4.78 is 24.3. The quantitative estimate of drug-likeness (QED) is 0.892. The SMILES string of the molecule is CS(=O)(=O)N1CCC(c2cccc(C(=O)O)c2)C1. The molecule has 1 unspecified atom stereocenters. The number of sulfonamides is 1. The van der Waals surface area contributed by atoms with E-state index in [1.807, 2.05) is 6.07 Å². The maximum absolute atomic E-state index is 11.4. The number of nitrogens with zero attached hydrogens (tertiary/aromatic N) is 1. The normalized spacial score (nSPS) is 21.1. The zero-order chi connectivity index (χ0) is 13.3. The van der Waals surface area contributed by atoms with Gasteiger partial charge in [0.05, 0.1) is 11.8 Å². The first-order chi connectivity index (χ1) is 8.38. The Morgan fingerprint density at radius 1 is 1.44 bits per heavy atom. The van der Waals surface area contributed by atoms with Gasteiger partial charge >= 0.3 is 5.97 Å². The van der Waals surface area contributed by atoms with Crippen molar-refractivity contribution >= 4 is 16.0 Å². The molecule has 0 radical (unpaired) electrons. The molecule has 0 aromatic heterocycles. The van der Waals surface area contributed by atoms with Crippen molar-refractivity contribution in [1.82, 2.24) is 4.31 Å². The number of carbonyl (C=O) groups is 1. The van der Waals surface area contributed by atoms with Crippen molar-refractivity contribution < 1.29 is 18.3 Å². The fraction of sp³-hybridized carbons (Fsp3) is 0.417. The van der Waals surface area contributed by atoms with Crippen LogP contribution in [0.2, 0.25) is 0 Å². The summed E-state index contributed by atoms with van der Waals surface area (Å²) in [6.07, 6.45) is 1.93. The van der Waals surface area contributed by atoms with E-state index >= 15 is 0 Å². The molecule has 0 bridgehead atoms. The number of rotatable bonds is 3. The van der Waals surface area contributed by atoms with Gasteiger partial charge in [0.15, 0.2) is 0 Å². The van der Waals surface area contributed by atoms with Crippen molar-refractivity contribution in [3.8, 4) is 0 Å². The van der Waals surface area contributed by atoms with Crippen molar-refractivity contribution in [3.63, 3.8) is 0 Å². The van der Waals surface area contributed by atoms with Gasteiger partial charge in [0.2, 0.25) is 10.0 Å². The predicted octanol–water partition coefficient (Wildman–Crippen LogP) is 1.13. The molecule has 1 aliphatic heterocycles. The second kappa shape index (κ2) is 4.70. The van der Waals surface area contributed by atoms with E-state index in [1.165, 1.54) is 16.6 Å². The van der Waals surface area contributed by atoms with Gasteiger partial charge in [-0.15, -0.1) is 0 Å². The number of carboxylic acid groups (broad SMARTS) is 1. The maximum Gasteiger partial charge on any atom is 0.335 e. The van der Waals surface area contributed by atoms with Gasteiger partial charge in [-0.05, 0) is 30.0 Å². The lowest BCUT2D eigenvalue weighted by Crippen LogP contribution is -2.27. The van der Waals surface area contributed by atoms with Crippen LogP contribution in [0.25, 0.3) is 0 Å². The predicted molar refractivity (Wildman–Crippen MR) is 67.2 cm³/mol. The van der Waals surface area contributed by atoms with Crippen LogP contribution in [0.5, 0.6) is 0 Å². The van der Waals surface area contributed by atoms with E-state index < -0.39 is 16.0 Å². The highest BCUT2D eigenvalue weighted by Crippen LogP contribution is 2.28. The largest absolute Gasteiger partial charge is 0.478 e. The van der Waals surface area contributed by atoms with Gasteiger partial charge in [-0.1, -0.05) is 12.1 Å². The van der Waals surface area contributed by atoms with Crippen LogP contribution in [0.4, 0.5) is 0 Å². The van der Waals surface area contributed by atoms with Crippen LogP contribution in [-0.4, -0.2) is 43.1 Å². The fourth-order valence-electron chi connectivity index (χ4n) is 2.23. The molecule has 6 heteroatoms. The van der Waals surface area contributed by atoms with E-state index in [-0.39, 0.29) is 11.5 Å². The topological polar surface area (TPSA) is 74.7 Å². The first-order valence-electron chi connectivity index (χ1n) is 5.66. The molecule has 1 heterocycles. The summed E-state index contributed by atoms with van der Waals surface area (Å²) in [7, 11) is -3.15. The molecule has 1 aromatic rings. The van der Waals surface area contributed by atoms with Crippen LogP contribution >= 0.6 is 0 Å². The van der Waals surface area contributed by atoms with Gasteiger partial charge in [0.25, 0.3) is 0 Å². The minimum absolute atomic E-state index is 0.0824. The molecule has 5 nitrogen and oxygen atoms in total.